The first kappa shape index (κ1) is 34.8. The van der Waals surface area contributed by atoms with Gasteiger partial charge in [-0.1, -0.05) is 83.4 Å². The van der Waals surface area contributed by atoms with Gasteiger partial charge in [0, 0.05) is 35.1 Å². The van der Waals surface area contributed by atoms with E-state index in [2.05, 4.69) is 5.32 Å². The lowest BCUT2D eigenvalue weighted by atomic mass is 10.0. The minimum absolute atomic E-state index is 0.0133. The number of aryl methyl sites for hydroxylation is 1. The molecule has 1 atom stereocenters. The van der Waals surface area contributed by atoms with E-state index in [0.717, 1.165) is 15.4 Å². The highest BCUT2D eigenvalue weighted by Gasteiger charge is 2.35. The third-order valence-electron chi connectivity index (χ3n) is 7.29. The summed E-state index contributed by atoms with van der Waals surface area (Å²) in [6, 6.07) is 25.9. The van der Waals surface area contributed by atoms with Gasteiger partial charge in [0.1, 0.15) is 18.3 Å². The van der Waals surface area contributed by atoms with Crippen LogP contribution in [0.5, 0.6) is 5.75 Å². The van der Waals surface area contributed by atoms with E-state index < -0.39 is 28.5 Å². The van der Waals surface area contributed by atoms with Gasteiger partial charge in [0.05, 0.1) is 17.7 Å². The summed E-state index contributed by atoms with van der Waals surface area (Å²) in [6.45, 7) is 4.84. The van der Waals surface area contributed by atoms with Crippen LogP contribution in [-0.2, 0) is 32.6 Å². The fourth-order valence-corrected chi connectivity index (χ4v) is 6.77. The molecule has 0 saturated carbocycles. The van der Waals surface area contributed by atoms with E-state index in [9.17, 15) is 18.0 Å². The van der Waals surface area contributed by atoms with Crippen molar-refractivity contribution in [3.63, 3.8) is 0 Å². The monoisotopic (exact) mass is 681 g/mol. The molecule has 0 aromatic heterocycles. The second-order valence-corrected chi connectivity index (χ2v) is 13.9. The standard InChI is InChI=1S/C35H37Cl2N3O5S/c1-24(2)38-35(42)33(19-26-9-6-5-7-10-26)39(22-27-15-16-28(36)20-32(27)37)34(41)23-40(29-11-8-12-30(21-29)45-4)46(43,44)31-17-13-25(3)14-18-31/h5-18,20-21,24,33H,19,22-23H2,1-4H3,(H,38,42)/t33-/m1/s1. The first-order valence-corrected chi connectivity index (χ1v) is 16.9. The van der Waals surface area contributed by atoms with Gasteiger partial charge in [-0.15, -0.1) is 0 Å². The minimum atomic E-state index is -4.25. The fraction of sp³-hybridized carbons (Fsp3) is 0.257. The van der Waals surface area contributed by atoms with Crippen molar-refractivity contribution in [1.82, 2.24) is 10.2 Å². The number of carbonyl (C=O) groups excluding carboxylic acids is 2. The van der Waals surface area contributed by atoms with Crippen molar-refractivity contribution < 1.29 is 22.7 Å². The van der Waals surface area contributed by atoms with Crippen LogP contribution < -0.4 is 14.4 Å². The molecule has 0 heterocycles. The molecule has 0 aliphatic rings. The minimum Gasteiger partial charge on any atom is -0.497 e. The number of amides is 2. The van der Waals surface area contributed by atoms with E-state index in [1.165, 1.54) is 24.1 Å². The summed E-state index contributed by atoms with van der Waals surface area (Å²) < 4.78 is 34.8. The Morgan fingerprint density at radius 2 is 1.59 bits per heavy atom. The molecule has 0 unspecified atom stereocenters. The van der Waals surface area contributed by atoms with Crippen molar-refractivity contribution in [1.29, 1.82) is 0 Å². The zero-order valence-electron chi connectivity index (χ0n) is 26.1. The summed E-state index contributed by atoms with van der Waals surface area (Å²) in [4.78, 5) is 29.8. The van der Waals surface area contributed by atoms with E-state index in [4.69, 9.17) is 27.9 Å². The third kappa shape index (κ3) is 8.81. The molecule has 0 saturated heterocycles. The largest absolute Gasteiger partial charge is 0.497 e. The van der Waals surface area contributed by atoms with Crippen LogP contribution in [0.15, 0.2) is 102 Å². The molecule has 242 valence electrons. The Hall–Kier alpha value is -4.05. The molecule has 8 nitrogen and oxygen atoms in total. The van der Waals surface area contributed by atoms with Gasteiger partial charge in [-0.2, -0.15) is 0 Å². The maximum atomic E-state index is 14.6. The van der Waals surface area contributed by atoms with Crippen molar-refractivity contribution in [2.75, 3.05) is 18.0 Å². The van der Waals surface area contributed by atoms with Crippen LogP contribution in [0.3, 0.4) is 0 Å². The van der Waals surface area contributed by atoms with Gasteiger partial charge in [-0.05, 0) is 68.3 Å². The van der Waals surface area contributed by atoms with Gasteiger partial charge in [0.15, 0.2) is 0 Å². The lowest BCUT2D eigenvalue weighted by Crippen LogP contribution is -2.54. The molecule has 46 heavy (non-hydrogen) atoms. The lowest BCUT2D eigenvalue weighted by Gasteiger charge is -2.34. The van der Waals surface area contributed by atoms with Gasteiger partial charge >= 0.3 is 0 Å². The van der Waals surface area contributed by atoms with Gasteiger partial charge in [-0.25, -0.2) is 8.42 Å². The summed E-state index contributed by atoms with van der Waals surface area (Å²) >= 11 is 12.7. The number of halogens is 2. The predicted octanol–water partition coefficient (Wildman–Crippen LogP) is 6.67. The lowest BCUT2D eigenvalue weighted by molar-refractivity contribution is -0.140. The fourth-order valence-electron chi connectivity index (χ4n) is 4.90. The average Bonchev–Trinajstić information content (AvgIpc) is 3.02. The van der Waals surface area contributed by atoms with Gasteiger partial charge in [0.2, 0.25) is 11.8 Å². The molecular formula is C35H37Cl2N3O5S. The Morgan fingerprint density at radius 3 is 2.22 bits per heavy atom. The highest BCUT2D eigenvalue weighted by atomic mass is 35.5. The van der Waals surface area contributed by atoms with Crippen LogP contribution in [-0.4, -0.2) is 50.9 Å². The molecule has 4 rings (SSSR count). The number of methoxy groups -OCH3 is 1. The number of ether oxygens (including phenoxy) is 1. The number of benzene rings is 4. The Labute approximate surface area is 280 Å². The SMILES string of the molecule is COc1cccc(N(CC(=O)N(Cc2ccc(Cl)cc2Cl)[C@H](Cc2ccccc2)C(=O)NC(C)C)S(=O)(=O)c2ccc(C)cc2)c1. The van der Waals surface area contributed by atoms with E-state index in [1.807, 2.05) is 51.1 Å². The van der Waals surface area contributed by atoms with Crippen LogP contribution in [0.1, 0.15) is 30.5 Å². The summed E-state index contributed by atoms with van der Waals surface area (Å²) in [5.74, 6) is -0.576. The first-order chi connectivity index (χ1) is 21.9. The molecule has 0 radical (unpaired) electrons. The maximum absolute atomic E-state index is 14.6. The Bertz CT molecular complexity index is 1770. The van der Waals surface area contributed by atoms with Crippen molar-refractivity contribution in [3.8, 4) is 5.75 Å². The Balaban J connectivity index is 1.84. The van der Waals surface area contributed by atoms with Crippen molar-refractivity contribution in [3.05, 3.63) is 124 Å². The van der Waals surface area contributed by atoms with E-state index in [1.54, 1.807) is 54.6 Å². The zero-order valence-corrected chi connectivity index (χ0v) is 28.4. The van der Waals surface area contributed by atoms with Crippen LogP contribution in [0.2, 0.25) is 10.0 Å². The molecule has 2 amide bonds. The van der Waals surface area contributed by atoms with Crippen LogP contribution in [0.25, 0.3) is 0 Å². The number of carbonyl (C=O) groups is 2. The molecule has 0 aliphatic heterocycles. The molecule has 0 fully saturated rings. The number of rotatable bonds is 13. The van der Waals surface area contributed by atoms with Gasteiger partial charge < -0.3 is 15.0 Å². The summed E-state index contributed by atoms with van der Waals surface area (Å²) in [5.41, 5.74) is 2.48. The van der Waals surface area contributed by atoms with Gasteiger partial charge in [-0.3, -0.25) is 13.9 Å². The average molecular weight is 683 g/mol. The number of anilines is 1. The number of sulfonamides is 1. The molecule has 11 heteroatoms. The van der Waals surface area contributed by atoms with Crippen molar-refractivity contribution in [2.45, 2.75) is 50.7 Å². The number of nitrogens with one attached hydrogen (secondary N) is 1. The summed E-state index contributed by atoms with van der Waals surface area (Å²) in [7, 11) is -2.77. The molecule has 0 bridgehead atoms. The maximum Gasteiger partial charge on any atom is 0.264 e. The molecule has 0 aliphatic carbocycles. The van der Waals surface area contributed by atoms with E-state index in [-0.39, 0.29) is 35.5 Å². The number of hydrogen-bond donors (Lipinski definition) is 1. The third-order valence-corrected chi connectivity index (χ3v) is 9.66. The normalized spacial score (nSPS) is 12.0. The summed E-state index contributed by atoms with van der Waals surface area (Å²) in [6.07, 6.45) is 0.181. The van der Waals surface area contributed by atoms with Crippen LogP contribution >= 0.6 is 23.2 Å². The van der Waals surface area contributed by atoms with Crippen LogP contribution in [0.4, 0.5) is 5.69 Å². The second kappa shape index (κ2) is 15.5. The molecule has 4 aromatic rings. The Morgan fingerprint density at radius 1 is 0.891 bits per heavy atom. The number of hydrogen-bond acceptors (Lipinski definition) is 5. The molecule has 0 spiro atoms. The topological polar surface area (TPSA) is 96.0 Å². The first-order valence-electron chi connectivity index (χ1n) is 14.7. The smallest absolute Gasteiger partial charge is 0.264 e. The second-order valence-electron chi connectivity index (χ2n) is 11.2. The molecule has 1 N–H and O–H groups in total. The number of nitrogens with zero attached hydrogens (tertiary/aromatic N) is 2. The van der Waals surface area contributed by atoms with Crippen molar-refractivity contribution >= 4 is 50.7 Å². The Kier molecular flexibility index (Phi) is 11.7. The zero-order chi connectivity index (χ0) is 33.4. The van der Waals surface area contributed by atoms with E-state index >= 15 is 0 Å². The summed E-state index contributed by atoms with van der Waals surface area (Å²) in [5, 5.41) is 3.66. The molecule has 4 aromatic carbocycles. The van der Waals surface area contributed by atoms with E-state index in [0.29, 0.717) is 21.4 Å². The quantitative estimate of drug-likeness (QED) is 0.170. The molecular weight excluding hydrogens is 645 g/mol. The predicted molar refractivity (Wildman–Crippen MR) is 183 cm³/mol. The van der Waals surface area contributed by atoms with Crippen LogP contribution in [0, 0.1) is 6.92 Å². The van der Waals surface area contributed by atoms with Crippen molar-refractivity contribution in [2.24, 2.45) is 0 Å². The van der Waals surface area contributed by atoms with Gasteiger partial charge in [0.25, 0.3) is 10.0 Å². The highest BCUT2D eigenvalue weighted by molar-refractivity contribution is 7.92. The highest BCUT2D eigenvalue weighted by Crippen LogP contribution is 2.29.